The number of carbonyl (C=O) groups excluding carboxylic acids is 2. The van der Waals surface area contributed by atoms with Gasteiger partial charge in [0.05, 0.1) is 18.4 Å². The molecule has 0 radical (unpaired) electrons. The summed E-state index contributed by atoms with van der Waals surface area (Å²) in [5, 5.41) is 0. The first-order valence-corrected chi connectivity index (χ1v) is 4.66. The van der Waals surface area contributed by atoms with Crippen molar-refractivity contribution < 1.29 is 19.1 Å². The van der Waals surface area contributed by atoms with E-state index < -0.39 is 5.97 Å². The third-order valence-corrected chi connectivity index (χ3v) is 1.86. The number of rotatable bonds is 5. The molecule has 0 heterocycles. The van der Waals surface area contributed by atoms with E-state index in [1.165, 1.54) is 0 Å². The molecule has 1 aliphatic rings. The third-order valence-electron chi connectivity index (χ3n) is 1.86. The minimum atomic E-state index is -0.504. The van der Waals surface area contributed by atoms with Crippen molar-refractivity contribution in [1.29, 1.82) is 0 Å². The molecule has 0 unspecified atom stereocenters. The van der Waals surface area contributed by atoms with Gasteiger partial charge in [-0.05, 0) is 19.8 Å². The zero-order valence-electron chi connectivity index (χ0n) is 8.25. The molecule has 0 bridgehead atoms. The van der Waals surface area contributed by atoms with E-state index in [1.807, 2.05) is 0 Å². The molecule has 1 fully saturated rings. The van der Waals surface area contributed by atoms with E-state index in [4.69, 9.17) is 4.74 Å². The minimum Gasteiger partial charge on any atom is -0.432 e. The molecular formula is C10H14O4. The van der Waals surface area contributed by atoms with E-state index in [-0.39, 0.29) is 24.4 Å². The van der Waals surface area contributed by atoms with Gasteiger partial charge in [0, 0.05) is 0 Å². The summed E-state index contributed by atoms with van der Waals surface area (Å²) in [5.74, 6) is -0.516. The van der Waals surface area contributed by atoms with Crippen molar-refractivity contribution in [3.63, 3.8) is 0 Å². The van der Waals surface area contributed by atoms with Crippen LogP contribution in [0.25, 0.3) is 0 Å². The van der Waals surface area contributed by atoms with Crippen molar-refractivity contribution in [3.05, 3.63) is 12.8 Å². The van der Waals surface area contributed by atoms with Gasteiger partial charge in [0.25, 0.3) is 0 Å². The molecule has 0 aromatic rings. The van der Waals surface area contributed by atoms with Gasteiger partial charge in [-0.2, -0.15) is 0 Å². The predicted octanol–water partition coefficient (Wildman–Crippen LogP) is 0.911. The van der Waals surface area contributed by atoms with Gasteiger partial charge in [-0.15, -0.1) is 6.92 Å². The van der Waals surface area contributed by atoms with Gasteiger partial charge in [0.15, 0.2) is 0 Å². The van der Waals surface area contributed by atoms with Crippen LogP contribution >= 0.6 is 0 Å². The van der Waals surface area contributed by atoms with Gasteiger partial charge in [0.1, 0.15) is 0 Å². The fourth-order valence-electron chi connectivity index (χ4n) is 0.887. The second kappa shape index (κ2) is 4.88. The maximum Gasteiger partial charge on any atom is 0.468 e. The summed E-state index contributed by atoms with van der Waals surface area (Å²) in [5.41, 5.74) is 0. The van der Waals surface area contributed by atoms with E-state index in [1.54, 1.807) is 6.92 Å². The largest absolute Gasteiger partial charge is 0.468 e. The van der Waals surface area contributed by atoms with E-state index in [0.717, 1.165) is 12.8 Å². The van der Waals surface area contributed by atoms with Crippen LogP contribution < -0.4 is 0 Å². The lowest BCUT2D eigenvalue weighted by Gasteiger charge is -2.05. The Balaban J connectivity index is 2.15. The van der Waals surface area contributed by atoms with Crippen LogP contribution in [0.5, 0.6) is 0 Å². The highest BCUT2D eigenvalue weighted by Gasteiger charge is 2.33. The summed E-state index contributed by atoms with van der Waals surface area (Å²) in [7, 11) is 0. The maximum atomic E-state index is 11.1. The van der Waals surface area contributed by atoms with Crippen LogP contribution in [-0.2, 0) is 19.1 Å². The van der Waals surface area contributed by atoms with Gasteiger partial charge < -0.3 is 9.47 Å². The molecule has 1 aliphatic carbocycles. The Bertz CT molecular complexity index is 220. The van der Waals surface area contributed by atoms with Crippen LogP contribution in [-0.4, -0.2) is 25.2 Å². The number of hydrogen-bond donors (Lipinski definition) is 0. The summed E-state index contributed by atoms with van der Waals surface area (Å²) in [4.78, 5) is 22.1. The minimum absolute atomic E-state index is 0.0463. The molecule has 0 saturated heterocycles. The van der Waals surface area contributed by atoms with Gasteiger partial charge in [-0.1, -0.05) is 0 Å². The van der Waals surface area contributed by atoms with Crippen LogP contribution in [0, 0.1) is 18.8 Å². The molecule has 4 nitrogen and oxygen atoms in total. The second-order valence-corrected chi connectivity index (χ2v) is 3.21. The first kappa shape index (κ1) is 10.9. The molecule has 78 valence electrons. The van der Waals surface area contributed by atoms with E-state index in [9.17, 15) is 9.59 Å². The third kappa shape index (κ3) is 3.28. The lowest BCUT2D eigenvalue weighted by atomic mass is 10.2. The first-order chi connectivity index (χ1) is 6.65. The van der Waals surface area contributed by atoms with Gasteiger partial charge in [-0.3, -0.25) is 4.79 Å². The highest BCUT2D eigenvalue weighted by Crippen LogP contribution is 2.30. The smallest absolute Gasteiger partial charge is 0.432 e. The molecule has 0 aliphatic heterocycles. The van der Waals surface area contributed by atoms with Crippen molar-refractivity contribution in [1.82, 2.24) is 0 Å². The Morgan fingerprint density at radius 2 is 2.07 bits per heavy atom. The van der Waals surface area contributed by atoms with Crippen molar-refractivity contribution in [2.75, 3.05) is 13.2 Å². The molecule has 0 aromatic heterocycles. The van der Waals surface area contributed by atoms with Gasteiger partial charge >= 0.3 is 11.9 Å². The number of hydrogen-bond acceptors (Lipinski definition) is 4. The molecule has 0 aromatic carbocycles. The Morgan fingerprint density at radius 1 is 1.43 bits per heavy atom. The van der Waals surface area contributed by atoms with Gasteiger partial charge in [-0.25, -0.2) is 4.79 Å². The van der Waals surface area contributed by atoms with Crippen molar-refractivity contribution in [3.8, 4) is 0 Å². The lowest BCUT2D eigenvalue weighted by molar-refractivity contribution is -0.147. The fourth-order valence-corrected chi connectivity index (χ4v) is 0.887. The average Bonchev–Trinajstić information content (AvgIpc) is 2.97. The summed E-state index contributed by atoms with van der Waals surface area (Å²) in [6, 6.07) is 0. The van der Waals surface area contributed by atoms with Crippen LogP contribution in [0.3, 0.4) is 0 Å². The SMILES string of the molecule is [CH2-][C+](COC(=O)C1CC1)C(=O)OCC. The summed E-state index contributed by atoms with van der Waals surface area (Å²) < 4.78 is 9.54. The molecule has 0 amide bonds. The van der Waals surface area contributed by atoms with Gasteiger partial charge in [0.2, 0.25) is 6.61 Å². The van der Waals surface area contributed by atoms with Crippen molar-refractivity contribution >= 4 is 11.9 Å². The molecule has 1 rings (SSSR count). The molecule has 0 N–H and O–H groups in total. The molecule has 0 spiro atoms. The monoisotopic (exact) mass is 198 g/mol. The first-order valence-electron chi connectivity index (χ1n) is 4.66. The average molecular weight is 198 g/mol. The lowest BCUT2D eigenvalue weighted by Crippen LogP contribution is -2.20. The van der Waals surface area contributed by atoms with Crippen LogP contribution in [0.4, 0.5) is 0 Å². The van der Waals surface area contributed by atoms with Crippen LogP contribution in [0.15, 0.2) is 0 Å². The fraction of sp³-hybridized carbons (Fsp3) is 0.600. The van der Waals surface area contributed by atoms with E-state index >= 15 is 0 Å². The quantitative estimate of drug-likeness (QED) is 0.486. The zero-order valence-corrected chi connectivity index (χ0v) is 8.25. The Morgan fingerprint density at radius 3 is 2.57 bits per heavy atom. The highest BCUT2D eigenvalue weighted by atomic mass is 16.5. The van der Waals surface area contributed by atoms with Crippen molar-refractivity contribution in [2.24, 2.45) is 5.92 Å². The summed E-state index contributed by atoms with van der Waals surface area (Å²) in [6.45, 7) is 5.42. The predicted molar refractivity (Wildman–Crippen MR) is 48.9 cm³/mol. The topological polar surface area (TPSA) is 52.6 Å². The van der Waals surface area contributed by atoms with Crippen molar-refractivity contribution in [2.45, 2.75) is 19.8 Å². The molecule has 0 atom stereocenters. The van der Waals surface area contributed by atoms with E-state index in [2.05, 4.69) is 11.7 Å². The summed E-state index contributed by atoms with van der Waals surface area (Å²) in [6.07, 6.45) is 1.79. The standard InChI is InChI=1S/C10H14O4/c1-3-13-9(11)7(2)6-14-10(12)8-4-5-8/h8H,2-6H2,1H3. The molecule has 14 heavy (non-hydrogen) atoms. The Kier molecular flexibility index (Phi) is 3.80. The number of ether oxygens (including phenoxy) is 2. The Hall–Kier alpha value is -1.19. The maximum absolute atomic E-state index is 11.1. The summed E-state index contributed by atoms with van der Waals surface area (Å²) >= 11 is 0. The number of carbonyl (C=O) groups is 2. The van der Waals surface area contributed by atoms with E-state index in [0.29, 0.717) is 6.61 Å². The van der Waals surface area contributed by atoms with Crippen LogP contribution in [0.1, 0.15) is 19.8 Å². The molecule has 1 saturated carbocycles. The second-order valence-electron chi connectivity index (χ2n) is 3.21. The normalized spacial score (nSPS) is 14.7. The van der Waals surface area contributed by atoms with Crippen LogP contribution in [0.2, 0.25) is 0 Å². The molecule has 4 heteroatoms. The Labute approximate surface area is 83.6 Å². The molecular weight excluding hydrogens is 184 g/mol. The number of esters is 2. The highest BCUT2D eigenvalue weighted by molar-refractivity contribution is 5.86. The zero-order chi connectivity index (χ0) is 10.6.